The zero-order chi connectivity index (χ0) is 20.4. The van der Waals surface area contributed by atoms with Crippen LogP contribution in [-0.2, 0) is 0 Å². The molecule has 5 heteroatoms. The summed E-state index contributed by atoms with van der Waals surface area (Å²) in [5.74, 6) is 0. The largest absolute Gasteiger partial charge is 0.373 e. The van der Waals surface area contributed by atoms with E-state index >= 15 is 0 Å². The Balaban J connectivity index is 1.56. The van der Waals surface area contributed by atoms with Gasteiger partial charge in [-0.3, -0.25) is 14.6 Å². The van der Waals surface area contributed by atoms with Gasteiger partial charge in [0.25, 0.3) is 10.9 Å². The number of hydrogen-bond acceptors (Lipinski definition) is 5. The molecule has 0 bridgehead atoms. The van der Waals surface area contributed by atoms with Gasteiger partial charge in [0, 0.05) is 24.1 Å². The summed E-state index contributed by atoms with van der Waals surface area (Å²) < 4.78 is 0. The third kappa shape index (κ3) is 3.80. The van der Waals surface area contributed by atoms with Gasteiger partial charge in [-0.1, -0.05) is 48.0 Å². The normalized spacial score (nSPS) is 11.9. The fourth-order valence-electron chi connectivity index (χ4n) is 3.26. The molecule has 4 rings (SSSR count). The van der Waals surface area contributed by atoms with E-state index in [1.165, 1.54) is 5.56 Å². The highest BCUT2D eigenvalue weighted by atomic mass is 16.2. The molecule has 5 nitrogen and oxygen atoms in total. The highest BCUT2D eigenvalue weighted by molar-refractivity contribution is 5.79. The van der Waals surface area contributed by atoms with E-state index < -0.39 is 10.9 Å². The molecule has 0 aliphatic rings. The Kier molecular flexibility index (Phi) is 4.96. The first-order valence-corrected chi connectivity index (χ1v) is 9.47. The molecule has 0 spiro atoms. The molecule has 1 atom stereocenters. The van der Waals surface area contributed by atoms with Gasteiger partial charge in [-0.2, -0.15) is 0 Å². The fraction of sp³-hybridized carbons (Fsp3) is 0.125. The van der Waals surface area contributed by atoms with Crippen LogP contribution < -0.4 is 21.5 Å². The summed E-state index contributed by atoms with van der Waals surface area (Å²) in [7, 11) is 0. The first-order chi connectivity index (χ1) is 14.0. The summed E-state index contributed by atoms with van der Waals surface area (Å²) in [6.45, 7) is 4.04. The number of rotatable bonds is 6. The summed E-state index contributed by atoms with van der Waals surface area (Å²) >= 11 is 0. The molecule has 0 saturated carbocycles. The van der Waals surface area contributed by atoms with Crippen LogP contribution in [-0.4, -0.2) is 4.98 Å². The number of aryl methyl sites for hydroxylation is 1. The van der Waals surface area contributed by atoms with E-state index in [-0.39, 0.29) is 6.04 Å². The molecular formula is C24H21N3O2. The molecule has 1 unspecified atom stereocenters. The molecule has 0 radical (unpaired) electrons. The van der Waals surface area contributed by atoms with Crippen molar-refractivity contribution < 1.29 is 0 Å². The van der Waals surface area contributed by atoms with Crippen LogP contribution in [0, 0.1) is 6.92 Å². The van der Waals surface area contributed by atoms with Crippen LogP contribution in [0.5, 0.6) is 0 Å². The Hall–Kier alpha value is -3.73. The van der Waals surface area contributed by atoms with Crippen molar-refractivity contribution >= 4 is 17.1 Å². The topological polar surface area (TPSA) is 71.1 Å². The second kappa shape index (κ2) is 7.72. The number of nitrogens with zero attached hydrogens (tertiary/aromatic N) is 1. The summed E-state index contributed by atoms with van der Waals surface area (Å²) in [6.07, 6.45) is 3.25. The third-order valence-corrected chi connectivity index (χ3v) is 4.99. The van der Waals surface area contributed by atoms with Crippen LogP contribution in [0.3, 0.4) is 0 Å². The van der Waals surface area contributed by atoms with Crippen molar-refractivity contribution in [3.63, 3.8) is 0 Å². The predicted molar refractivity (Wildman–Crippen MR) is 118 cm³/mol. The number of pyridine rings is 1. The number of anilines is 3. The number of aromatic nitrogens is 1. The van der Waals surface area contributed by atoms with Crippen molar-refractivity contribution in [2.75, 3.05) is 10.6 Å². The average Bonchev–Trinajstić information content (AvgIpc) is 2.77. The van der Waals surface area contributed by atoms with Crippen molar-refractivity contribution in [3.05, 3.63) is 105 Å². The lowest BCUT2D eigenvalue weighted by atomic mass is 9.99. The van der Waals surface area contributed by atoms with Crippen LogP contribution in [0.15, 0.2) is 82.6 Å². The molecule has 144 valence electrons. The number of nitrogens with one attached hydrogen (secondary N) is 2. The second-order valence-electron chi connectivity index (χ2n) is 7.13. The van der Waals surface area contributed by atoms with Gasteiger partial charge in [0.15, 0.2) is 0 Å². The predicted octanol–water partition coefficient (Wildman–Crippen LogP) is 4.57. The lowest BCUT2D eigenvalue weighted by molar-refractivity contribution is 0.880. The van der Waals surface area contributed by atoms with Crippen LogP contribution in [0.4, 0.5) is 17.1 Å². The smallest absolute Gasteiger partial charge is 0.253 e. The first-order valence-electron chi connectivity index (χ1n) is 9.47. The van der Waals surface area contributed by atoms with Crippen LogP contribution in [0.1, 0.15) is 24.1 Å². The average molecular weight is 383 g/mol. The molecule has 0 aliphatic carbocycles. The molecule has 0 fully saturated rings. The lowest BCUT2D eigenvalue weighted by Gasteiger charge is -2.20. The van der Waals surface area contributed by atoms with Gasteiger partial charge in [0.05, 0.1) is 0 Å². The summed E-state index contributed by atoms with van der Waals surface area (Å²) in [4.78, 5) is 28.1. The standard InChI is InChI=1S/C24H21N3O2/c1-15-6-8-17(9-7-15)19-5-3-4-18(14-19)16(2)26-21-22(24(29)23(21)28)27-20-10-12-25-13-11-20/h3-14,16,26H,1-2H3,(H,25,27). The van der Waals surface area contributed by atoms with Gasteiger partial charge >= 0.3 is 0 Å². The van der Waals surface area contributed by atoms with E-state index in [9.17, 15) is 9.59 Å². The van der Waals surface area contributed by atoms with E-state index in [0.717, 1.165) is 16.7 Å². The molecule has 1 heterocycles. The minimum Gasteiger partial charge on any atom is -0.373 e. The van der Waals surface area contributed by atoms with E-state index in [0.29, 0.717) is 17.1 Å². The maximum atomic E-state index is 12.1. The van der Waals surface area contributed by atoms with Gasteiger partial charge in [0.1, 0.15) is 11.4 Å². The third-order valence-electron chi connectivity index (χ3n) is 4.99. The summed E-state index contributed by atoms with van der Waals surface area (Å²) in [6, 6.07) is 19.9. The minimum atomic E-state index is -0.509. The van der Waals surface area contributed by atoms with Crippen molar-refractivity contribution in [2.24, 2.45) is 0 Å². The van der Waals surface area contributed by atoms with E-state index in [4.69, 9.17) is 0 Å². The molecular weight excluding hydrogens is 362 g/mol. The molecule has 4 aromatic rings. The highest BCUT2D eigenvalue weighted by Gasteiger charge is 2.23. The SMILES string of the molecule is Cc1ccc(-c2cccc(C(C)Nc3c(Nc4ccncc4)c(=O)c3=O)c2)cc1. The lowest BCUT2D eigenvalue weighted by Crippen LogP contribution is -2.37. The van der Waals surface area contributed by atoms with Crippen LogP contribution in [0.2, 0.25) is 0 Å². The second-order valence-corrected chi connectivity index (χ2v) is 7.13. The Bertz CT molecular complexity index is 1210. The Morgan fingerprint density at radius 2 is 1.52 bits per heavy atom. The molecule has 29 heavy (non-hydrogen) atoms. The van der Waals surface area contributed by atoms with Gasteiger partial charge in [-0.25, -0.2) is 0 Å². The first kappa shape index (κ1) is 18.6. The quantitative estimate of drug-likeness (QED) is 0.477. The number of benzene rings is 2. The molecule has 1 aromatic heterocycles. The maximum absolute atomic E-state index is 12.1. The van der Waals surface area contributed by atoms with Gasteiger partial charge in [0.2, 0.25) is 0 Å². The maximum Gasteiger partial charge on any atom is 0.253 e. The number of hydrogen-bond donors (Lipinski definition) is 2. The van der Waals surface area contributed by atoms with Crippen LogP contribution in [0.25, 0.3) is 11.1 Å². The molecule has 2 N–H and O–H groups in total. The van der Waals surface area contributed by atoms with Crippen LogP contribution >= 0.6 is 0 Å². The van der Waals surface area contributed by atoms with E-state index in [2.05, 4.69) is 58.9 Å². The molecule has 0 amide bonds. The van der Waals surface area contributed by atoms with Crippen molar-refractivity contribution in [3.8, 4) is 11.1 Å². The molecule has 0 saturated heterocycles. The fourth-order valence-corrected chi connectivity index (χ4v) is 3.26. The van der Waals surface area contributed by atoms with Crippen molar-refractivity contribution in [1.29, 1.82) is 0 Å². The summed E-state index contributed by atoms with van der Waals surface area (Å²) in [5.41, 5.74) is 4.82. The van der Waals surface area contributed by atoms with Crippen molar-refractivity contribution in [2.45, 2.75) is 19.9 Å². The summed E-state index contributed by atoms with van der Waals surface area (Å²) in [5, 5.41) is 6.22. The highest BCUT2D eigenvalue weighted by Crippen LogP contribution is 2.28. The minimum absolute atomic E-state index is 0.137. The Labute approximate surface area is 168 Å². The monoisotopic (exact) mass is 383 g/mol. The Morgan fingerprint density at radius 3 is 2.24 bits per heavy atom. The van der Waals surface area contributed by atoms with E-state index in [1.54, 1.807) is 24.5 Å². The van der Waals surface area contributed by atoms with Gasteiger partial charge in [-0.05, 0) is 48.7 Å². The Morgan fingerprint density at radius 1 is 0.828 bits per heavy atom. The van der Waals surface area contributed by atoms with Gasteiger partial charge in [-0.15, -0.1) is 0 Å². The van der Waals surface area contributed by atoms with E-state index in [1.807, 2.05) is 19.1 Å². The van der Waals surface area contributed by atoms with Crippen molar-refractivity contribution in [1.82, 2.24) is 4.98 Å². The molecule has 3 aromatic carbocycles. The zero-order valence-corrected chi connectivity index (χ0v) is 16.3. The molecule has 0 aliphatic heterocycles. The zero-order valence-electron chi connectivity index (χ0n) is 16.3. The van der Waals surface area contributed by atoms with Gasteiger partial charge < -0.3 is 10.6 Å².